The van der Waals surface area contributed by atoms with E-state index in [0.717, 1.165) is 6.92 Å². The summed E-state index contributed by atoms with van der Waals surface area (Å²) in [6.45, 7) is 16.7. The Labute approximate surface area is 241 Å². The molecule has 0 bridgehead atoms. The molecule has 0 aromatic carbocycles. The van der Waals surface area contributed by atoms with Gasteiger partial charge in [0.2, 0.25) is 5.78 Å². The largest absolute Gasteiger partial charge is 0.454 e. The number of hydrogen-bond donors (Lipinski definition) is 4. The SMILES string of the molecule is C=C([C@H]1[C@H](O)[C@H](OC(=O)/C(C)=C\C)[C@@](C)(O)C(=O)[C@@H]1OC(=O)/C(C)=C\C)[C@H](C[C@H](O)C(C)(C)O)OC(=O)/C(C)=C\C. The second kappa shape index (κ2) is 14.2. The highest BCUT2D eigenvalue weighted by atomic mass is 16.6. The van der Waals surface area contributed by atoms with Crippen LogP contribution in [0.5, 0.6) is 0 Å². The lowest BCUT2D eigenvalue weighted by molar-refractivity contribution is -0.210. The molecule has 1 aliphatic carbocycles. The zero-order valence-corrected chi connectivity index (χ0v) is 25.3. The van der Waals surface area contributed by atoms with Crippen molar-refractivity contribution in [2.75, 3.05) is 0 Å². The first-order valence-corrected chi connectivity index (χ1v) is 13.3. The fourth-order valence-electron chi connectivity index (χ4n) is 3.99. The molecule has 11 nitrogen and oxygen atoms in total. The molecule has 0 aromatic heterocycles. The van der Waals surface area contributed by atoms with Crippen molar-refractivity contribution in [2.24, 2.45) is 5.92 Å². The summed E-state index contributed by atoms with van der Waals surface area (Å²) in [6, 6.07) is 0. The molecular formula is C30H44O11. The molecule has 230 valence electrons. The van der Waals surface area contributed by atoms with Crippen LogP contribution in [0.4, 0.5) is 0 Å². The smallest absolute Gasteiger partial charge is 0.334 e. The van der Waals surface area contributed by atoms with Crippen molar-refractivity contribution in [1.82, 2.24) is 0 Å². The van der Waals surface area contributed by atoms with Gasteiger partial charge < -0.3 is 34.6 Å². The summed E-state index contributed by atoms with van der Waals surface area (Å²) in [7, 11) is 0. The fourth-order valence-corrected chi connectivity index (χ4v) is 3.99. The molecule has 1 saturated carbocycles. The number of aliphatic hydroxyl groups is 4. The third-order valence-corrected chi connectivity index (χ3v) is 7.39. The van der Waals surface area contributed by atoms with E-state index in [4.69, 9.17) is 14.2 Å². The van der Waals surface area contributed by atoms with Crippen LogP contribution in [0.2, 0.25) is 0 Å². The summed E-state index contributed by atoms with van der Waals surface area (Å²) in [5.74, 6) is -5.33. The first kappa shape index (κ1) is 35.9. The van der Waals surface area contributed by atoms with Crippen LogP contribution in [0, 0.1) is 5.92 Å². The number of allylic oxidation sites excluding steroid dienone is 3. The van der Waals surface area contributed by atoms with Gasteiger partial charge in [0.25, 0.3) is 0 Å². The van der Waals surface area contributed by atoms with Crippen molar-refractivity contribution < 1.29 is 53.8 Å². The van der Waals surface area contributed by atoms with Gasteiger partial charge in [-0.3, -0.25) is 4.79 Å². The first-order valence-electron chi connectivity index (χ1n) is 13.3. The van der Waals surface area contributed by atoms with Gasteiger partial charge in [-0.1, -0.05) is 24.8 Å². The molecule has 0 spiro atoms. The highest BCUT2D eigenvalue weighted by Gasteiger charge is 2.61. The van der Waals surface area contributed by atoms with Crippen LogP contribution >= 0.6 is 0 Å². The zero-order valence-electron chi connectivity index (χ0n) is 25.3. The lowest BCUT2D eigenvalue weighted by atomic mass is 9.68. The number of hydrogen-bond acceptors (Lipinski definition) is 11. The molecule has 41 heavy (non-hydrogen) atoms. The third-order valence-electron chi connectivity index (χ3n) is 7.39. The molecule has 11 heteroatoms. The van der Waals surface area contributed by atoms with Gasteiger partial charge in [0.15, 0.2) is 17.8 Å². The molecule has 0 heterocycles. The van der Waals surface area contributed by atoms with Gasteiger partial charge in [0, 0.05) is 23.1 Å². The Hall–Kier alpha value is -3.12. The van der Waals surface area contributed by atoms with E-state index < -0.39 is 77.8 Å². The van der Waals surface area contributed by atoms with Crippen molar-refractivity contribution in [1.29, 1.82) is 0 Å². The van der Waals surface area contributed by atoms with Crippen LogP contribution in [-0.2, 0) is 33.4 Å². The molecule has 0 amide bonds. The molecule has 4 N–H and O–H groups in total. The highest BCUT2D eigenvalue weighted by molar-refractivity contribution is 5.97. The Kier molecular flexibility index (Phi) is 12.4. The molecule has 0 aliphatic heterocycles. The summed E-state index contributed by atoms with van der Waals surface area (Å²) >= 11 is 0. The van der Waals surface area contributed by atoms with Crippen LogP contribution in [0.15, 0.2) is 47.1 Å². The second-order valence-electron chi connectivity index (χ2n) is 11.0. The second-order valence-corrected chi connectivity index (χ2v) is 11.0. The van der Waals surface area contributed by atoms with Crippen molar-refractivity contribution in [2.45, 2.75) is 110 Å². The van der Waals surface area contributed by atoms with E-state index in [1.165, 1.54) is 52.8 Å². The Balaban J connectivity index is 3.77. The Morgan fingerprint density at radius 3 is 1.85 bits per heavy atom. The Morgan fingerprint density at radius 1 is 0.976 bits per heavy atom. The number of ether oxygens (including phenoxy) is 3. The fraction of sp³-hybridized carbons (Fsp3) is 0.600. The van der Waals surface area contributed by atoms with Crippen molar-refractivity contribution >= 4 is 23.7 Å². The van der Waals surface area contributed by atoms with Gasteiger partial charge in [0.1, 0.15) is 12.2 Å². The van der Waals surface area contributed by atoms with Crippen LogP contribution in [-0.4, -0.2) is 85.8 Å². The van der Waals surface area contributed by atoms with Crippen molar-refractivity contribution in [3.05, 3.63) is 47.1 Å². The number of carbonyl (C=O) groups is 4. The maximum absolute atomic E-state index is 13.7. The molecule has 7 atom stereocenters. The van der Waals surface area contributed by atoms with Crippen LogP contribution in [0.25, 0.3) is 0 Å². The number of rotatable bonds is 11. The molecule has 1 fully saturated rings. The molecular weight excluding hydrogens is 536 g/mol. The van der Waals surface area contributed by atoms with Gasteiger partial charge in [0.05, 0.1) is 17.6 Å². The highest BCUT2D eigenvalue weighted by Crippen LogP contribution is 2.40. The Morgan fingerprint density at radius 2 is 1.41 bits per heavy atom. The molecule has 0 unspecified atom stereocenters. The van der Waals surface area contributed by atoms with E-state index in [1.807, 2.05) is 0 Å². The van der Waals surface area contributed by atoms with E-state index in [2.05, 4.69) is 6.58 Å². The molecule has 0 saturated heterocycles. The summed E-state index contributed by atoms with van der Waals surface area (Å²) in [4.78, 5) is 51.8. The summed E-state index contributed by atoms with van der Waals surface area (Å²) in [5, 5.41) is 43.7. The van der Waals surface area contributed by atoms with E-state index in [1.54, 1.807) is 20.8 Å². The number of esters is 3. The molecule has 0 aromatic rings. The maximum atomic E-state index is 13.7. The van der Waals surface area contributed by atoms with Gasteiger partial charge in [-0.05, 0) is 67.9 Å². The number of carbonyl (C=O) groups excluding carboxylic acids is 4. The normalized spacial score (nSPS) is 27.5. The average molecular weight is 581 g/mol. The van der Waals surface area contributed by atoms with E-state index in [0.29, 0.717) is 0 Å². The maximum Gasteiger partial charge on any atom is 0.334 e. The molecule has 1 rings (SSSR count). The van der Waals surface area contributed by atoms with Gasteiger partial charge in [-0.15, -0.1) is 0 Å². The molecule has 1 aliphatic rings. The van der Waals surface area contributed by atoms with Gasteiger partial charge in [-0.2, -0.15) is 0 Å². The number of aliphatic hydroxyl groups excluding tert-OH is 2. The minimum absolute atomic E-state index is 0.123. The van der Waals surface area contributed by atoms with E-state index in [9.17, 15) is 39.6 Å². The lowest BCUT2D eigenvalue weighted by Crippen LogP contribution is -2.68. The number of Topliss-reactive ketones (excluding diaryl/α,β-unsaturated/α-hetero) is 1. The average Bonchev–Trinajstić information content (AvgIpc) is 2.90. The topological polar surface area (TPSA) is 177 Å². The van der Waals surface area contributed by atoms with Crippen LogP contribution < -0.4 is 0 Å². The van der Waals surface area contributed by atoms with Gasteiger partial charge in [-0.25, -0.2) is 14.4 Å². The van der Waals surface area contributed by atoms with E-state index >= 15 is 0 Å². The third kappa shape index (κ3) is 8.45. The minimum Gasteiger partial charge on any atom is -0.454 e. The number of ketones is 1. The van der Waals surface area contributed by atoms with Crippen LogP contribution in [0.3, 0.4) is 0 Å². The van der Waals surface area contributed by atoms with E-state index in [-0.39, 0.29) is 22.3 Å². The van der Waals surface area contributed by atoms with Gasteiger partial charge >= 0.3 is 17.9 Å². The molecule has 0 radical (unpaired) electrons. The van der Waals surface area contributed by atoms with Crippen molar-refractivity contribution in [3.63, 3.8) is 0 Å². The monoisotopic (exact) mass is 580 g/mol. The quantitative estimate of drug-likeness (QED) is 0.122. The predicted octanol–water partition coefficient (Wildman–Crippen LogP) is 2.01. The predicted molar refractivity (Wildman–Crippen MR) is 149 cm³/mol. The minimum atomic E-state index is -2.50. The summed E-state index contributed by atoms with van der Waals surface area (Å²) < 4.78 is 16.4. The first-order chi connectivity index (χ1) is 18.8. The summed E-state index contributed by atoms with van der Waals surface area (Å²) in [5.41, 5.74) is -3.88. The Bertz CT molecular complexity index is 1120. The van der Waals surface area contributed by atoms with Crippen LogP contribution in [0.1, 0.15) is 68.7 Å². The zero-order chi connectivity index (χ0) is 32.0. The summed E-state index contributed by atoms with van der Waals surface area (Å²) in [6.07, 6.45) is -4.55. The van der Waals surface area contributed by atoms with Crippen molar-refractivity contribution in [3.8, 4) is 0 Å². The lowest BCUT2D eigenvalue weighted by Gasteiger charge is -2.47. The standard InChI is InChI=1S/C30H44O11/c1-11-15(4)26(34)39-19(14-20(31)29(8,9)37)18(7)21-22(32)25(41-28(36)17(6)13-3)30(10,38)24(33)23(21)40-27(35)16(5)12-2/h11-13,19-23,25,31-32,37-38H,7,14H2,1-6,8-10H3/b15-11-,16-12-,17-13-/t19-,20-,21-,22-,23+,25-,30-/m0/s1.